The maximum absolute atomic E-state index is 6.05. The van der Waals surface area contributed by atoms with Gasteiger partial charge in [0.05, 0.1) is 6.10 Å². The number of hydrogen-bond donors (Lipinski definition) is 1. The molecule has 4 rings (SSSR count). The van der Waals surface area contributed by atoms with Crippen molar-refractivity contribution in [3.63, 3.8) is 0 Å². The highest BCUT2D eigenvalue weighted by Crippen LogP contribution is 2.41. The van der Waals surface area contributed by atoms with Crippen molar-refractivity contribution in [2.75, 3.05) is 13.2 Å². The molecule has 0 radical (unpaired) electrons. The Kier molecular flexibility index (Phi) is 3.04. The van der Waals surface area contributed by atoms with Crippen LogP contribution >= 0.6 is 0 Å². The largest absolute Gasteiger partial charge is 0.461 e. The minimum atomic E-state index is 0.185. The Balaban J connectivity index is 1.64. The van der Waals surface area contributed by atoms with Gasteiger partial charge in [0.2, 0.25) is 0 Å². The summed E-state index contributed by atoms with van der Waals surface area (Å²) in [5, 5.41) is 4.86. The van der Waals surface area contributed by atoms with Crippen LogP contribution in [0.25, 0.3) is 11.0 Å². The van der Waals surface area contributed by atoms with Gasteiger partial charge in [0.25, 0.3) is 0 Å². The molecule has 1 N–H and O–H groups in total. The molecule has 106 valence electrons. The molecular weight excluding hydrogens is 250 g/mol. The first kappa shape index (κ1) is 12.4. The molecule has 0 spiro atoms. The second-order valence-corrected chi connectivity index (χ2v) is 6.09. The van der Waals surface area contributed by atoms with Crippen molar-refractivity contribution in [1.82, 2.24) is 5.32 Å². The van der Waals surface area contributed by atoms with E-state index < -0.39 is 0 Å². The zero-order valence-corrected chi connectivity index (χ0v) is 11.9. The summed E-state index contributed by atoms with van der Waals surface area (Å²) in [6, 6.07) is 9.05. The molecule has 1 aliphatic heterocycles. The van der Waals surface area contributed by atoms with E-state index in [4.69, 9.17) is 9.15 Å². The van der Waals surface area contributed by atoms with Crippen molar-refractivity contribution in [3.05, 3.63) is 35.6 Å². The van der Waals surface area contributed by atoms with Gasteiger partial charge in [-0.25, -0.2) is 0 Å². The summed E-state index contributed by atoms with van der Waals surface area (Å²) in [7, 11) is 0. The predicted molar refractivity (Wildman–Crippen MR) is 78.8 cm³/mol. The lowest BCUT2D eigenvalue weighted by Crippen LogP contribution is -2.26. The van der Waals surface area contributed by atoms with E-state index >= 15 is 0 Å². The van der Waals surface area contributed by atoms with E-state index in [1.807, 2.05) is 12.1 Å². The third-order valence-electron chi connectivity index (χ3n) is 4.56. The molecular formula is C17H21NO2. The molecule has 1 aliphatic carbocycles. The molecule has 20 heavy (non-hydrogen) atoms. The normalized spacial score (nSPS) is 26.4. The van der Waals surface area contributed by atoms with E-state index in [0.717, 1.165) is 37.0 Å². The number of para-hydroxylation sites is 1. The van der Waals surface area contributed by atoms with Crippen molar-refractivity contribution in [2.24, 2.45) is 5.92 Å². The Hall–Kier alpha value is -1.32. The highest BCUT2D eigenvalue weighted by atomic mass is 16.5. The number of rotatable bonds is 4. The third-order valence-corrected chi connectivity index (χ3v) is 4.56. The first-order chi connectivity index (χ1) is 9.83. The SMILES string of the molecule is Cc1oc2ccccc2c1C1OCCC1CNC1CC1. The van der Waals surface area contributed by atoms with Gasteiger partial charge in [-0.2, -0.15) is 0 Å². The molecule has 2 atom stereocenters. The van der Waals surface area contributed by atoms with Crippen molar-refractivity contribution in [3.8, 4) is 0 Å². The topological polar surface area (TPSA) is 34.4 Å². The molecule has 2 heterocycles. The van der Waals surface area contributed by atoms with Crippen LogP contribution in [-0.2, 0) is 4.74 Å². The van der Waals surface area contributed by atoms with Crippen LogP contribution in [0.5, 0.6) is 0 Å². The Morgan fingerprint density at radius 2 is 2.05 bits per heavy atom. The maximum atomic E-state index is 6.05. The number of nitrogens with one attached hydrogen (secondary N) is 1. The van der Waals surface area contributed by atoms with Crippen LogP contribution in [0.3, 0.4) is 0 Å². The first-order valence-electron chi connectivity index (χ1n) is 7.66. The van der Waals surface area contributed by atoms with E-state index in [0.29, 0.717) is 5.92 Å². The van der Waals surface area contributed by atoms with Crippen LogP contribution in [0.15, 0.2) is 28.7 Å². The van der Waals surface area contributed by atoms with Crippen molar-refractivity contribution in [2.45, 2.75) is 38.3 Å². The molecule has 2 aliphatic rings. The third kappa shape index (κ3) is 2.15. The molecule has 2 fully saturated rings. The summed E-state index contributed by atoms with van der Waals surface area (Å²) in [5.74, 6) is 1.57. The van der Waals surface area contributed by atoms with E-state index in [1.54, 1.807) is 0 Å². The van der Waals surface area contributed by atoms with Crippen LogP contribution in [0.2, 0.25) is 0 Å². The predicted octanol–water partition coefficient (Wildman–Crippen LogP) is 3.57. The van der Waals surface area contributed by atoms with E-state index in [2.05, 4.69) is 24.4 Å². The molecule has 1 saturated carbocycles. The lowest BCUT2D eigenvalue weighted by molar-refractivity contribution is 0.0902. The Bertz CT molecular complexity index is 614. The average Bonchev–Trinajstić information content (AvgIpc) is 3.07. The van der Waals surface area contributed by atoms with Crippen LogP contribution < -0.4 is 5.32 Å². The molecule has 2 unspecified atom stereocenters. The van der Waals surface area contributed by atoms with Gasteiger partial charge in [-0.3, -0.25) is 0 Å². The molecule has 1 aromatic heterocycles. The zero-order valence-electron chi connectivity index (χ0n) is 11.9. The van der Waals surface area contributed by atoms with Crippen molar-refractivity contribution < 1.29 is 9.15 Å². The van der Waals surface area contributed by atoms with Crippen LogP contribution in [-0.4, -0.2) is 19.2 Å². The zero-order chi connectivity index (χ0) is 13.5. The average molecular weight is 271 g/mol. The van der Waals surface area contributed by atoms with Crippen molar-refractivity contribution in [1.29, 1.82) is 0 Å². The van der Waals surface area contributed by atoms with Gasteiger partial charge in [-0.05, 0) is 32.3 Å². The number of fused-ring (bicyclic) bond motifs is 1. The number of hydrogen-bond acceptors (Lipinski definition) is 3. The minimum absolute atomic E-state index is 0.185. The van der Waals surface area contributed by atoms with Gasteiger partial charge in [-0.1, -0.05) is 18.2 Å². The molecule has 3 nitrogen and oxygen atoms in total. The van der Waals surface area contributed by atoms with Gasteiger partial charge in [0.15, 0.2) is 0 Å². The molecule has 2 aromatic rings. The van der Waals surface area contributed by atoms with E-state index in [-0.39, 0.29) is 6.10 Å². The van der Waals surface area contributed by atoms with Gasteiger partial charge in [0.1, 0.15) is 11.3 Å². The molecule has 0 bridgehead atoms. The number of benzene rings is 1. The minimum Gasteiger partial charge on any atom is -0.461 e. The monoisotopic (exact) mass is 271 g/mol. The summed E-state index contributed by atoms with van der Waals surface area (Å²) >= 11 is 0. The number of ether oxygens (including phenoxy) is 1. The molecule has 3 heteroatoms. The Labute approximate surface area is 119 Å². The number of aryl methyl sites for hydroxylation is 1. The second-order valence-electron chi connectivity index (χ2n) is 6.09. The fourth-order valence-electron chi connectivity index (χ4n) is 3.31. The van der Waals surface area contributed by atoms with Gasteiger partial charge in [0, 0.05) is 36.1 Å². The standard InChI is InChI=1S/C17H21NO2/c1-11-16(14-4-2-3-5-15(14)20-11)17-12(8-9-19-17)10-18-13-6-7-13/h2-5,12-13,17-18H,6-10H2,1H3. The maximum Gasteiger partial charge on any atom is 0.134 e. The fraction of sp³-hybridized carbons (Fsp3) is 0.529. The van der Waals surface area contributed by atoms with E-state index in [9.17, 15) is 0 Å². The summed E-state index contributed by atoms with van der Waals surface area (Å²) in [6.45, 7) is 3.98. The van der Waals surface area contributed by atoms with Crippen LogP contribution in [0.4, 0.5) is 0 Å². The second kappa shape index (κ2) is 4.90. The smallest absolute Gasteiger partial charge is 0.134 e. The Morgan fingerprint density at radius 3 is 2.90 bits per heavy atom. The molecule has 0 amide bonds. The lowest BCUT2D eigenvalue weighted by atomic mass is 9.93. The molecule has 1 saturated heterocycles. The summed E-state index contributed by atoms with van der Waals surface area (Å²) in [5.41, 5.74) is 2.24. The van der Waals surface area contributed by atoms with Crippen molar-refractivity contribution >= 4 is 11.0 Å². The van der Waals surface area contributed by atoms with Crippen LogP contribution in [0, 0.1) is 12.8 Å². The lowest BCUT2D eigenvalue weighted by Gasteiger charge is -2.19. The Morgan fingerprint density at radius 1 is 1.20 bits per heavy atom. The van der Waals surface area contributed by atoms with E-state index in [1.165, 1.54) is 23.8 Å². The quantitative estimate of drug-likeness (QED) is 0.923. The summed E-state index contributed by atoms with van der Waals surface area (Å²) < 4.78 is 11.9. The summed E-state index contributed by atoms with van der Waals surface area (Å²) in [6.07, 6.45) is 4.01. The van der Waals surface area contributed by atoms with Gasteiger partial charge < -0.3 is 14.5 Å². The highest BCUT2D eigenvalue weighted by Gasteiger charge is 2.34. The highest BCUT2D eigenvalue weighted by molar-refractivity contribution is 5.82. The van der Waals surface area contributed by atoms with Crippen LogP contribution in [0.1, 0.15) is 36.7 Å². The molecule has 1 aromatic carbocycles. The fourth-order valence-corrected chi connectivity index (χ4v) is 3.31. The van der Waals surface area contributed by atoms with Gasteiger partial charge in [-0.15, -0.1) is 0 Å². The van der Waals surface area contributed by atoms with Gasteiger partial charge >= 0.3 is 0 Å². The number of furan rings is 1. The first-order valence-corrected chi connectivity index (χ1v) is 7.66. The summed E-state index contributed by atoms with van der Waals surface area (Å²) in [4.78, 5) is 0.